The lowest BCUT2D eigenvalue weighted by atomic mass is 10.0. The van der Waals surface area contributed by atoms with E-state index < -0.39 is 34.4 Å². The van der Waals surface area contributed by atoms with Gasteiger partial charge >= 0.3 is 6.09 Å². The minimum Gasteiger partial charge on any atom is -0.443 e. The van der Waals surface area contributed by atoms with Gasteiger partial charge in [0.2, 0.25) is 10.0 Å². The van der Waals surface area contributed by atoms with Crippen molar-refractivity contribution < 1.29 is 37.3 Å². The zero-order chi connectivity index (χ0) is 28.9. The number of hydrogen-bond acceptors (Lipinski definition) is 8. The first-order valence-corrected chi connectivity index (χ1v) is 15.0. The van der Waals surface area contributed by atoms with Crippen LogP contribution in [0, 0.1) is 11.8 Å². The largest absolute Gasteiger partial charge is 0.443 e. The van der Waals surface area contributed by atoms with Crippen LogP contribution in [0.1, 0.15) is 43.1 Å². The smallest absolute Gasteiger partial charge is 0.407 e. The van der Waals surface area contributed by atoms with Gasteiger partial charge in [-0.3, -0.25) is 4.79 Å². The second-order valence-electron chi connectivity index (χ2n) is 10.8. The maximum Gasteiger partial charge on any atom is 0.407 e. The molecule has 0 radical (unpaired) electrons. The summed E-state index contributed by atoms with van der Waals surface area (Å²) in [5.41, 5.74) is 1.27. The number of amides is 1. The van der Waals surface area contributed by atoms with Crippen LogP contribution < -0.4 is 5.32 Å². The summed E-state index contributed by atoms with van der Waals surface area (Å²) in [6, 6.07) is 14.2. The zero-order valence-electron chi connectivity index (χ0n) is 23.1. The first-order valence-electron chi connectivity index (χ1n) is 13.6. The van der Waals surface area contributed by atoms with E-state index in [-0.39, 0.29) is 54.9 Å². The monoisotopic (exact) mass is 574 g/mol. The second kappa shape index (κ2) is 13.2. The van der Waals surface area contributed by atoms with Gasteiger partial charge in [0.15, 0.2) is 12.1 Å². The van der Waals surface area contributed by atoms with Gasteiger partial charge in [0.25, 0.3) is 0 Å². The molecular formula is C29H38N2O8S. The van der Waals surface area contributed by atoms with Gasteiger partial charge in [-0.1, -0.05) is 56.3 Å². The number of hydrogen-bond donors (Lipinski definition) is 2. The van der Waals surface area contributed by atoms with Gasteiger partial charge in [0.05, 0.1) is 36.2 Å². The van der Waals surface area contributed by atoms with Gasteiger partial charge in [0, 0.05) is 18.7 Å². The van der Waals surface area contributed by atoms with Gasteiger partial charge in [-0.25, -0.2) is 13.2 Å². The van der Waals surface area contributed by atoms with Crippen molar-refractivity contribution in [2.75, 3.05) is 26.3 Å². The summed E-state index contributed by atoms with van der Waals surface area (Å²) in [5, 5.41) is 14.2. The normalized spacial score (nSPS) is 22.2. The predicted octanol–water partition coefficient (Wildman–Crippen LogP) is 3.00. The van der Waals surface area contributed by atoms with Crippen LogP contribution in [0.4, 0.5) is 4.79 Å². The summed E-state index contributed by atoms with van der Waals surface area (Å²) in [5.74, 6) is -0.238. The Bertz CT molecular complexity index is 1250. The van der Waals surface area contributed by atoms with Crippen molar-refractivity contribution in [1.29, 1.82) is 0 Å². The third kappa shape index (κ3) is 7.46. The van der Waals surface area contributed by atoms with Gasteiger partial charge < -0.3 is 24.6 Å². The fraction of sp³-hybridized carbons (Fsp3) is 0.517. The summed E-state index contributed by atoms with van der Waals surface area (Å²) in [6.45, 7) is 5.86. The molecule has 1 amide bonds. The van der Waals surface area contributed by atoms with Gasteiger partial charge in [-0.15, -0.1) is 0 Å². The predicted molar refractivity (Wildman–Crippen MR) is 147 cm³/mol. The molecule has 0 aliphatic carbocycles. The lowest BCUT2D eigenvalue weighted by Gasteiger charge is -2.31. The maximum atomic E-state index is 13.6. The molecule has 2 N–H and O–H groups in total. The molecule has 0 unspecified atom stereocenters. The molecule has 0 aromatic heterocycles. The minimum atomic E-state index is -4.01. The first-order chi connectivity index (χ1) is 19.0. The fourth-order valence-electron chi connectivity index (χ4n) is 5.05. The molecule has 2 aromatic carbocycles. The van der Waals surface area contributed by atoms with Crippen molar-refractivity contribution in [2.24, 2.45) is 11.8 Å². The number of Topliss-reactive ketones (excluding diaryl/α,β-unsaturated/α-hetero) is 1. The molecule has 2 heterocycles. The van der Waals surface area contributed by atoms with E-state index in [0.717, 1.165) is 12.0 Å². The number of rotatable bonds is 12. The lowest BCUT2D eigenvalue weighted by Crippen LogP contribution is -2.51. The van der Waals surface area contributed by atoms with Crippen molar-refractivity contribution >= 4 is 21.9 Å². The van der Waals surface area contributed by atoms with Crippen molar-refractivity contribution in [1.82, 2.24) is 9.62 Å². The zero-order valence-corrected chi connectivity index (χ0v) is 23.9. The van der Waals surface area contributed by atoms with E-state index in [4.69, 9.17) is 14.2 Å². The number of nitrogens with one attached hydrogen (secondary N) is 1. The number of alkyl carbamates (subject to hydrolysis) is 1. The van der Waals surface area contributed by atoms with Gasteiger partial charge in [-0.2, -0.15) is 4.31 Å². The van der Waals surface area contributed by atoms with E-state index in [1.807, 2.05) is 44.2 Å². The van der Waals surface area contributed by atoms with Gasteiger partial charge in [0.1, 0.15) is 6.10 Å². The minimum absolute atomic E-state index is 0.0203. The number of benzene rings is 2. The van der Waals surface area contributed by atoms with Gasteiger partial charge in [-0.05, 0) is 43.4 Å². The Labute approximate surface area is 235 Å². The van der Waals surface area contributed by atoms with Crippen LogP contribution in [0.3, 0.4) is 0 Å². The molecule has 2 fully saturated rings. The van der Waals surface area contributed by atoms with Crippen molar-refractivity contribution in [2.45, 2.75) is 63.0 Å². The number of ether oxygens (including phenoxy) is 3. The Hall–Kier alpha value is -2.83. The van der Waals surface area contributed by atoms with Crippen LogP contribution in [-0.4, -0.2) is 80.5 Å². The third-order valence-corrected chi connectivity index (χ3v) is 9.01. The van der Waals surface area contributed by atoms with E-state index in [0.29, 0.717) is 12.2 Å². The lowest BCUT2D eigenvalue weighted by molar-refractivity contribution is -0.0907. The number of aliphatic hydroxyl groups excluding tert-OH is 1. The molecule has 0 spiro atoms. The Morgan fingerprint density at radius 3 is 2.42 bits per heavy atom. The average molecular weight is 575 g/mol. The fourth-order valence-corrected chi connectivity index (χ4v) is 6.67. The third-order valence-electron chi connectivity index (χ3n) is 7.17. The molecule has 2 aromatic rings. The van der Waals surface area contributed by atoms with E-state index in [2.05, 4.69) is 5.32 Å². The number of carbonyl (C=O) groups excluding carboxylic acids is 2. The Morgan fingerprint density at radius 1 is 1.07 bits per heavy atom. The maximum absolute atomic E-state index is 13.6. The van der Waals surface area contributed by atoms with Crippen LogP contribution >= 0.6 is 0 Å². The molecule has 2 aliphatic heterocycles. The topological polar surface area (TPSA) is 131 Å². The number of nitrogens with zero attached hydrogens (tertiary/aromatic N) is 1. The molecular weight excluding hydrogens is 536 g/mol. The van der Waals surface area contributed by atoms with Crippen molar-refractivity contribution in [3.8, 4) is 0 Å². The van der Waals surface area contributed by atoms with Crippen LogP contribution in [0.15, 0.2) is 59.5 Å². The van der Waals surface area contributed by atoms with E-state index in [9.17, 15) is 23.1 Å². The first kappa shape index (κ1) is 30.1. The molecule has 0 bridgehead atoms. The Balaban J connectivity index is 1.51. The van der Waals surface area contributed by atoms with Crippen molar-refractivity contribution in [3.05, 3.63) is 65.7 Å². The number of fused-ring (bicyclic) bond motifs is 1. The molecule has 2 aliphatic rings. The van der Waals surface area contributed by atoms with Crippen LogP contribution in [0.5, 0.6) is 0 Å². The molecule has 218 valence electrons. The van der Waals surface area contributed by atoms with E-state index >= 15 is 0 Å². The van der Waals surface area contributed by atoms with Crippen molar-refractivity contribution in [3.63, 3.8) is 0 Å². The second-order valence-corrected chi connectivity index (χ2v) is 12.7. The highest BCUT2D eigenvalue weighted by atomic mass is 32.2. The number of sulfonamides is 1. The average Bonchev–Trinajstić information content (AvgIpc) is 3.53. The number of carbonyl (C=O) groups is 2. The summed E-state index contributed by atoms with van der Waals surface area (Å²) >= 11 is 0. The highest BCUT2D eigenvalue weighted by Gasteiger charge is 2.44. The van der Waals surface area contributed by atoms with E-state index in [1.165, 1.54) is 35.5 Å². The SMILES string of the molecule is CC(=O)c1ccc(S(=O)(=O)N(CC(C)C)C[C@@H](O)[C@H](Cc2ccccc2)NC(=O)O[C@H]2CO[C@H]3OCC[C@H]32)cc1. The molecule has 11 heteroatoms. The number of ketones is 1. The molecule has 10 nitrogen and oxygen atoms in total. The standard InChI is InChI=1S/C29H38N2O8S/c1-19(2)16-31(40(35,36)23-11-9-22(10-12-23)20(3)32)17-26(33)25(15-21-7-5-4-6-8-21)30-29(34)39-27-18-38-28-24(27)13-14-37-28/h4-12,19,24-28,33H,13-18H2,1-3H3,(H,30,34)/t24-,25-,26+,27-,28+/m0/s1. The highest BCUT2D eigenvalue weighted by molar-refractivity contribution is 7.89. The summed E-state index contributed by atoms with van der Waals surface area (Å²) in [6.07, 6.45) is -1.80. The highest BCUT2D eigenvalue weighted by Crippen LogP contribution is 2.33. The summed E-state index contributed by atoms with van der Waals surface area (Å²) < 4.78 is 45.2. The van der Waals surface area contributed by atoms with E-state index in [1.54, 1.807) is 0 Å². The Morgan fingerprint density at radius 2 is 1.77 bits per heavy atom. The molecule has 4 rings (SSSR count). The summed E-state index contributed by atoms with van der Waals surface area (Å²) in [4.78, 5) is 24.6. The molecule has 5 atom stereocenters. The number of aliphatic hydroxyl groups is 1. The van der Waals surface area contributed by atoms with Crippen LogP contribution in [-0.2, 0) is 30.7 Å². The molecule has 40 heavy (non-hydrogen) atoms. The van der Waals surface area contributed by atoms with Crippen LogP contribution in [0.2, 0.25) is 0 Å². The Kier molecular flexibility index (Phi) is 9.96. The molecule has 2 saturated heterocycles. The molecule has 0 saturated carbocycles. The summed E-state index contributed by atoms with van der Waals surface area (Å²) in [7, 11) is -4.01. The quantitative estimate of drug-likeness (QED) is 0.370. The van der Waals surface area contributed by atoms with Crippen LogP contribution in [0.25, 0.3) is 0 Å².